The van der Waals surface area contributed by atoms with Gasteiger partial charge in [0.2, 0.25) is 0 Å². The Bertz CT molecular complexity index is 3100. The second-order valence-electron chi connectivity index (χ2n) is 24.1. The Balaban J connectivity index is 0.00000133. The average molecular weight is 1610 g/mol. The number of nitrogens with zero attached hydrogens (tertiary/aromatic N) is 1. The number of methoxy groups -OCH3 is 21. The van der Waals surface area contributed by atoms with Crippen LogP contribution in [0.15, 0.2) is 0 Å². The number of hydrogen-bond acceptors (Lipinski definition) is 42. The Morgan fingerprint density at radius 3 is 0.500 bits per heavy atom. The van der Waals surface area contributed by atoms with E-state index in [9.17, 15) is 101 Å². The van der Waals surface area contributed by atoms with Crippen LogP contribution in [0.5, 0.6) is 0 Å². The molecule has 43 nitrogen and oxygen atoms in total. The standard InChI is InChI=1S/2C14H20O8.C13H18O8.2C11H16O6.C6H9NO6/c1-19-11(15)7-5-8(12(16)20-2)10(14(18)22-4)9(6-7)13(17)21-3;1-19-11(15)7-5-6-8(12(16)20-2)10(14(18)22-4)9(7)13(17)21-3;1-18-10(14)6-5-7(11(15)19-2)9(13(17)21-4)8(6)12(16)20-3;1-15-9(12)6-4-7(10(13)16-2)8(5-6)11(14)17-3;1-15-9(12)6-4-5-7(10(13)16-2)8(6)11(14)17-3;1-11-4(8)7(5(9)12-2)6(10)13-3/h2*7-10H,5-6H2,1-4H3;6-9H,5H2,1-4H3;2*6-8H,4-5H2,1-3H3;1-3H3. The van der Waals surface area contributed by atoms with E-state index in [-0.39, 0.29) is 49.8 Å². The van der Waals surface area contributed by atoms with Crippen LogP contribution in [-0.4, -0.2) is 280 Å². The Labute approximate surface area is 642 Å². The summed E-state index contributed by atoms with van der Waals surface area (Å²) in [5.41, 5.74) is 0. The SMILES string of the molecule is COC(=O)C1CC(C(=O)OC)C(C(=O)OC)C(C(=O)OC)C1.COC(=O)C1CC(C(=O)OC)C(C(=O)OC)C1.COC(=O)C1CC(C(=O)OC)C(C(=O)OC)C1C(=O)OC.COC(=O)C1CCC(C(=O)OC)C(C(=O)OC)C1C(=O)OC.COC(=O)C1CCC(C(=O)OC)C1C(=O)OC.COC(=O)N(C(=O)OC)C(=O)OC. The number of hydrogen-bond donors (Lipinski definition) is 0. The molecule has 5 aliphatic rings. The van der Waals surface area contributed by atoms with Crippen LogP contribution < -0.4 is 0 Å². The second kappa shape index (κ2) is 50.5. The first-order chi connectivity index (χ1) is 52.9. The van der Waals surface area contributed by atoms with Crippen molar-refractivity contribution in [2.45, 2.75) is 57.8 Å². The van der Waals surface area contributed by atoms with E-state index in [1.165, 1.54) is 78.2 Å². The van der Waals surface area contributed by atoms with Crippen LogP contribution in [-0.2, 0) is 186 Å². The summed E-state index contributed by atoms with van der Waals surface area (Å²) in [7, 11) is 24.6. The number of ether oxygens (including phenoxy) is 21. The van der Waals surface area contributed by atoms with Gasteiger partial charge in [0.05, 0.1) is 256 Å². The summed E-state index contributed by atoms with van der Waals surface area (Å²) in [5, 5.41) is 0. The van der Waals surface area contributed by atoms with Gasteiger partial charge in [-0.2, -0.15) is 0 Å². The Morgan fingerprint density at radius 2 is 0.304 bits per heavy atom. The van der Waals surface area contributed by atoms with Crippen LogP contribution in [0.3, 0.4) is 0 Å². The third-order valence-electron chi connectivity index (χ3n) is 19.0. The molecule has 0 saturated heterocycles. The van der Waals surface area contributed by atoms with Gasteiger partial charge in [-0.15, -0.1) is 4.90 Å². The topological polar surface area (TPSA) is 556 Å². The van der Waals surface area contributed by atoms with Crippen molar-refractivity contribution in [1.29, 1.82) is 0 Å². The van der Waals surface area contributed by atoms with Crippen LogP contribution in [0, 0.1) is 107 Å². The number of amides is 3. The van der Waals surface area contributed by atoms with Gasteiger partial charge in [-0.05, 0) is 57.8 Å². The van der Waals surface area contributed by atoms with Crippen molar-refractivity contribution in [3.8, 4) is 0 Å². The number of esters is 18. The lowest BCUT2D eigenvalue weighted by molar-refractivity contribution is -0.177. The van der Waals surface area contributed by atoms with Crippen molar-refractivity contribution in [3.63, 3.8) is 0 Å². The monoisotopic (exact) mass is 1610 g/mol. The second-order valence-corrected chi connectivity index (χ2v) is 24.1. The van der Waals surface area contributed by atoms with E-state index in [2.05, 4.69) is 85.3 Å². The molecule has 3 amide bonds. The van der Waals surface area contributed by atoms with E-state index in [1.807, 2.05) is 0 Å². The van der Waals surface area contributed by atoms with Crippen molar-refractivity contribution in [2.75, 3.05) is 149 Å². The van der Waals surface area contributed by atoms with Gasteiger partial charge in [0.25, 0.3) is 0 Å². The van der Waals surface area contributed by atoms with Crippen LogP contribution in [0.2, 0.25) is 0 Å². The smallest absolute Gasteiger partial charge is 0.428 e. The number of carbonyl (C=O) groups is 21. The minimum Gasteiger partial charge on any atom is -0.469 e. The molecule has 0 radical (unpaired) electrons. The fourth-order valence-electron chi connectivity index (χ4n) is 13.6. The summed E-state index contributed by atoms with van der Waals surface area (Å²) >= 11 is 0. The maximum Gasteiger partial charge on any atom is 0.428 e. The molecule has 14 atom stereocenters. The minimum absolute atomic E-state index is 0.0428. The first-order valence-corrected chi connectivity index (χ1v) is 33.4. The first-order valence-electron chi connectivity index (χ1n) is 33.4. The van der Waals surface area contributed by atoms with Gasteiger partial charge in [0.15, 0.2) is 0 Å². The first kappa shape index (κ1) is 101. The van der Waals surface area contributed by atoms with Crippen molar-refractivity contribution < 1.29 is 200 Å². The molecule has 0 aromatic rings. The molecule has 43 heteroatoms. The average Bonchev–Trinajstić information content (AvgIpc) is 1.22. The molecule has 0 bridgehead atoms. The van der Waals surface area contributed by atoms with Gasteiger partial charge in [0.1, 0.15) is 0 Å². The van der Waals surface area contributed by atoms with E-state index in [4.69, 9.17) is 14.2 Å². The number of imide groups is 3. The van der Waals surface area contributed by atoms with Crippen molar-refractivity contribution in [1.82, 2.24) is 4.90 Å². The predicted octanol–water partition coefficient (Wildman–Crippen LogP) is 0.304. The predicted molar refractivity (Wildman–Crippen MR) is 360 cm³/mol. The van der Waals surface area contributed by atoms with Crippen LogP contribution in [0.25, 0.3) is 0 Å². The van der Waals surface area contributed by atoms with E-state index in [1.54, 1.807) is 0 Å². The maximum atomic E-state index is 12.1. The van der Waals surface area contributed by atoms with Gasteiger partial charge in [0, 0.05) is 0 Å². The maximum absolute atomic E-state index is 12.1. The summed E-state index contributed by atoms with van der Waals surface area (Å²) in [6.45, 7) is 0. The van der Waals surface area contributed by atoms with E-state index < -0.39 is 232 Å². The fraction of sp³-hybridized carbons (Fsp3) is 0.696. The Morgan fingerprint density at radius 1 is 0.161 bits per heavy atom. The van der Waals surface area contributed by atoms with Crippen LogP contribution >= 0.6 is 0 Å². The number of rotatable bonds is 18. The molecular weight excluding hydrogens is 1510 g/mol. The zero-order chi connectivity index (χ0) is 86.3. The Kier molecular flexibility index (Phi) is 45.4. The molecule has 632 valence electrons. The highest BCUT2D eigenvalue weighted by atomic mass is 16.6. The lowest BCUT2D eigenvalue weighted by atomic mass is 9.66. The van der Waals surface area contributed by atoms with E-state index in [0.717, 1.165) is 71.1 Å². The Hall–Kier alpha value is -11.3. The molecule has 112 heavy (non-hydrogen) atoms. The summed E-state index contributed by atoms with van der Waals surface area (Å²) in [4.78, 5) is 245. The van der Waals surface area contributed by atoms with Gasteiger partial charge in [-0.3, -0.25) is 86.3 Å². The molecule has 5 fully saturated rings. The van der Waals surface area contributed by atoms with Gasteiger partial charge in [-0.25, -0.2) is 14.4 Å². The largest absolute Gasteiger partial charge is 0.469 e. The molecule has 5 aliphatic carbocycles. The van der Waals surface area contributed by atoms with Crippen LogP contribution in [0.1, 0.15) is 57.8 Å². The molecule has 0 heterocycles. The fourth-order valence-corrected chi connectivity index (χ4v) is 13.6. The molecule has 14 unspecified atom stereocenters. The number of carbonyl (C=O) groups excluding carboxylic acids is 21. The molecular formula is C69H99NO42. The highest BCUT2D eigenvalue weighted by Gasteiger charge is 2.59. The van der Waals surface area contributed by atoms with Crippen molar-refractivity contribution >= 4 is 126 Å². The van der Waals surface area contributed by atoms with Gasteiger partial charge >= 0.3 is 126 Å². The molecule has 0 N–H and O–H groups in total. The molecule has 0 spiro atoms. The summed E-state index contributed by atoms with van der Waals surface area (Å²) < 4.78 is 96.2. The summed E-state index contributed by atoms with van der Waals surface area (Å²) in [5.74, 6) is -27.0. The lowest BCUT2D eigenvalue weighted by Crippen LogP contribution is -2.49. The third-order valence-corrected chi connectivity index (χ3v) is 19.0. The van der Waals surface area contributed by atoms with Gasteiger partial charge in [-0.1, -0.05) is 0 Å². The highest BCUT2D eigenvalue weighted by Crippen LogP contribution is 2.46. The summed E-state index contributed by atoms with van der Waals surface area (Å²) in [6.07, 6.45) is -1.66. The highest BCUT2D eigenvalue weighted by molar-refractivity contribution is 6.04. The van der Waals surface area contributed by atoms with Crippen LogP contribution in [0.4, 0.5) is 14.4 Å². The van der Waals surface area contributed by atoms with Crippen molar-refractivity contribution in [3.05, 3.63) is 0 Å². The normalized spacial score (nSPS) is 25.3. The quantitative estimate of drug-likeness (QED) is 0.132. The molecule has 0 aromatic carbocycles. The molecule has 0 aromatic heterocycles. The molecule has 0 aliphatic heterocycles. The summed E-state index contributed by atoms with van der Waals surface area (Å²) in [6, 6.07) is 0. The zero-order valence-corrected chi connectivity index (χ0v) is 65.8. The minimum atomic E-state index is -1.17. The van der Waals surface area contributed by atoms with E-state index in [0.29, 0.717) is 12.8 Å². The lowest BCUT2D eigenvalue weighted by Gasteiger charge is -2.37. The molecule has 5 rings (SSSR count). The van der Waals surface area contributed by atoms with E-state index >= 15 is 0 Å². The third kappa shape index (κ3) is 26.4. The van der Waals surface area contributed by atoms with Gasteiger partial charge < -0.3 is 99.5 Å². The zero-order valence-electron chi connectivity index (χ0n) is 65.8. The van der Waals surface area contributed by atoms with Crippen molar-refractivity contribution in [2.24, 2.45) is 107 Å². The molecule has 5 saturated carbocycles.